The Kier molecular flexibility index (Phi) is 3.81. The molecular weight excluding hydrogens is 254 g/mol. The molecule has 0 spiro atoms. The number of benzene rings is 1. The third-order valence-corrected chi connectivity index (χ3v) is 4.37. The van der Waals surface area contributed by atoms with Gasteiger partial charge in [-0.05, 0) is 18.9 Å². The van der Waals surface area contributed by atoms with Crippen LogP contribution in [0.4, 0.5) is 0 Å². The Bertz CT molecular complexity index is 506. The van der Waals surface area contributed by atoms with Crippen molar-refractivity contribution >= 4 is 5.71 Å². The number of nitrogens with zero attached hydrogens (tertiary/aromatic N) is 1. The predicted octanol–water partition coefficient (Wildman–Crippen LogP) is 3.80. The van der Waals surface area contributed by atoms with Crippen molar-refractivity contribution < 1.29 is 14.7 Å². The van der Waals surface area contributed by atoms with Crippen molar-refractivity contribution in [1.29, 1.82) is 0 Å². The quantitative estimate of drug-likeness (QED) is 0.912. The number of hydrogen-bond acceptors (Lipinski definition) is 4. The molecule has 1 aliphatic carbocycles. The standard InChI is InChI=1S/C16H21NO3/c1-19-14-9-5-8-12(16(14)18)15-10-13(17-20-15)11-6-3-2-4-7-11/h5,8-9,11,15,18H,2-4,6-7,10H2,1H3/t15-/m0/s1. The van der Waals surface area contributed by atoms with Gasteiger partial charge in [-0.3, -0.25) is 0 Å². The van der Waals surface area contributed by atoms with E-state index in [2.05, 4.69) is 5.16 Å². The molecule has 4 nitrogen and oxygen atoms in total. The van der Waals surface area contributed by atoms with Crippen LogP contribution in [0.25, 0.3) is 0 Å². The number of oxime groups is 1. The summed E-state index contributed by atoms with van der Waals surface area (Å²) < 4.78 is 5.15. The molecule has 1 aromatic carbocycles. The fourth-order valence-electron chi connectivity index (χ4n) is 3.20. The molecule has 0 aromatic heterocycles. The molecule has 0 radical (unpaired) electrons. The van der Waals surface area contributed by atoms with E-state index in [-0.39, 0.29) is 11.9 Å². The lowest BCUT2D eigenvalue weighted by Crippen LogP contribution is -2.16. The van der Waals surface area contributed by atoms with E-state index in [1.807, 2.05) is 12.1 Å². The number of ether oxygens (including phenoxy) is 1. The summed E-state index contributed by atoms with van der Waals surface area (Å²) in [6.07, 6.45) is 6.97. The minimum Gasteiger partial charge on any atom is -0.504 e. The highest BCUT2D eigenvalue weighted by atomic mass is 16.6. The van der Waals surface area contributed by atoms with Gasteiger partial charge in [0.05, 0.1) is 12.8 Å². The average molecular weight is 275 g/mol. The first-order chi connectivity index (χ1) is 9.79. The van der Waals surface area contributed by atoms with Crippen molar-refractivity contribution in [1.82, 2.24) is 0 Å². The van der Waals surface area contributed by atoms with E-state index in [4.69, 9.17) is 9.57 Å². The molecule has 20 heavy (non-hydrogen) atoms. The lowest BCUT2D eigenvalue weighted by atomic mass is 9.83. The van der Waals surface area contributed by atoms with Gasteiger partial charge < -0.3 is 14.7 Å². The van der Waals surface area contributed by atoms with Gasteiger partial charge >= 0.3 is 0 Å². The summed E-state index contributed by atoms with van der Waals surface area (Å²) in [6.45, 7) is 0. The van der Waals surface area contributed by atoms with Crippen LogP contribution in [0.1, 0.15) is 50.2 Å². The molecule has 2 aliphatic rings. The molecule has 1 saturated carbocycles. The summed E-state index contributed by atoms with van der Waals surface area (Å²) in [7, 11) is 1.55. The zero-order valence-corrected chi connectivity index (χ0v) is 11.8. The van der Waals surface area contributed by atoms with Crippen LogP contribution in [0.3, 0.4) is 0 Å². The molecule has 3 rings (SSSR count). The van der Waals surface area contributed by atoms with Gasteiger partial charge in [0.25, 0.3) is 0 Å². The Balaban J connectivity index is 1.72. The van der Waals surface area contributed by atoms with Gasteiger partial charge in [0, 0.05) is 17.9 Å². The van der Waals surface area contributed by atoms with Crippen molar-refractivity contribution in [3.63, 3.8) is 0 Å². The van der Waals surface area contributed by atoms with Gasteiger partial charge in [-0.1, -0.05) is 36.6 Å². The van der Waals surface area contributed by atoms with Crippen LogP contribution in [-0.2, 0) is 4.84 Å². The first-order valence-electron chi connectivity index (χ1n) is 7.38. The first-order valence-corrected chi connectivity index (χ1v) is 7.38. The highest BCUT2D eigenvalue weighted by Gasteiger charge is 2.31. The summed E-state index contributed by atoms with van der Waals surface area (Å²) in [5.74, 6) is 1.22. The predicted molar refractivity (Wildman–Crippen MR) is 77.1 cm³/mol. The van der Waals surface area contributed by atoms with Gasteiger partial charge in [0.1, 0.15) is 0 Å². The van der Waals surface area contributed by atoms with Crippen molar-refractivity contribution in [3.05, 3.63) is 23.8 Å². The largest absolute Gasteiger partial charge is 0.504 e. The van der Waals surface area contributed by atoms with E-state index in [9.17, 15) is 5.11 Å². The molecule has 0 unspecified atom stereocenters. The molecule has 1 fully saturated rings. The van der Waals surface area contributed by atoms with Gasteiger partial charge in [-0.25, -0.2) is 0 Å². The zero-order valence-electron chi connectivity index (χ0n) is 11.8. The maximum absolute atomic E-state index is 10.2. The summed E-state index contributed by atoms with van der Waals surface area (Å²) >= 11 is 0. The topological polar surface area (TPSA) is 51.0 Å². The molecule has 1 atom stereocenters. The third-order valence-electron chi connectivity index (χ3n) is 4.37. The van der Waals surface area contributed by atoms with E-state index in [0.29, 0.717) is 11.7 Å². The maximum Gasteiger partial charge on any atom is 0.164 e. The SMILES string of the molecule is COc1cccc([C@@H]2CC(C3CCCCC3)=NO2)c1O. The van der Waals surface area contributed by atoms with Gasteiger partial charge in [0.2, 0.25) is 0 Å². The lowest BCUT2D eigenvalue weighted by molar-refractivity contribution is 0.0834. The molecule has 0 saturated heterocycles. The number of para-hydroxylation sites is 1. The molecule has 108 valence electrons. The smallest absolute Gasteiger partial charge is 0.164 e. The Morgan fingerprint density at radius 3 is 2.80 bits per heavy atom. The number of methoxy groups -OCH3 is 1. The zero-order chi connectivity index (χ0) is 13.9. The Hall–Kier alpha value is -1.71. The molecular formula is C16H21NO3. The van der Waals surface area contributed by atoms with Gasteiger partial charge in [-0.15, -0.1) is 0 Å². The van der Waals surface area contributed by atoms with Crippen LogP contribution in [0.5, 0.6) is 11.5 Å². The molecule has 1 heterocycles. The second-order valence-corrected chi connectivity index (χ2v) is 5.61. The summed E-state index contributed by atoms with van der Waals surface area (Å²) in [5.41, 5.74) is 1.93. The Morgan fingerprint density at radius 1 is 1.25 bits per heavy atom. The van der Waals surface area contributed by atoms with Crippen molar-refractivity contribution in [2.75, 3.05) is 7.11 Å². The van der Waals surface area contributed by atoms with Gasteiger partial charge in [-0.2, -0.15) is 0 Å². The number of phenolic OH excluding ortho intramolecular Hbond substituents is 1. The summed E-state index contributed by atoms with van der Waals surface area (Å²) in [5, 5.41) is 14.5. The van der Waals surface area contributed by atoms with Crippen molar-refractivity contribution in [3.8, 4) is 11.5 Å². The van der Waals surface area contributed by atoms with E-state index in [1.165, 1.54) is 32.1 Å². The maximum atomic E-state index is 10.2. The molecule has 4 heteroatoms. The number of phenols is 1. The van der Waals surface area contributed by atoms with Crippen LogP contribution in [0, 0.1) is 5.92 Å². The van der Waals surface area contributed by atoms with E-state index in [0.717, 1.165) is 17.7 Å². The van der Waals surface area contributed by atoms with Crippen molar-refractivity contribution in [2.24, 2.45) is 11.1 Å². The van der Waals surface area contributed by atoms with Crippen molar-refractivity contribution in [2.45, 2.75) is 44.6 Å². The van der Waals surface area contributed by atoms with Crippen LogP contribution in [0.2, 0.25) is 0 Å². The number of hydrogen-bond donors (Lipinski definition) is 1. The second-order valence-electron chi connectivity index (χ2n) is 5.61. The minimum absolute atomic E-state index is 0.167. The number of aromatic hydroxyl groups is 1. The van der Waals surface area contributed by atoms with Gasteiger partial charge in [0.15, 0.2) is 17.6 Å². The lowest BCUT2D eigenvalue weighted by Gasteiger charge is -2.20. The molecule has 1 aliphatic heterocycles. The summed E-state index contributed by atoms with van der Waals surface area (Å²) in [6, 6.07) is 5.49. The van der Waals surface area contributed by atoms with E-state index in [1.54, 1.807) is 13.2 Å². The van der Waals surface area contributed by atoms with Crippen LogP contribution in [-0.4, -0.2) is 17.9 Å². The van der Waals surface area contributed by atoms with E-state index < -0.39 is 0 Å². The molecule has 0 amide bonds. The highest BCUT2D eigenvalue weighted by molar-refractivity contribution is 5.88. The average Bonchev–Trinajstić information content (AvgIpc) is 2.98. The van der Waals surface area contributed by atoms with E-state index >= 15 is 0 Å². The Labute approximate surface area is 119 Å². The second kappa shape index (κ2) is 5.73. The molecule has 1 N–H and O–H groups in total. The third kappa shape index (κ3) is 2.47. The fraction of sp³-hybridized carbons (Fsp3) is 0.562. The van der Waals surface area contributed by atoms with Crippen LogP contribution >= 0.6 is 0 Å². The highest BCUT2D eigenvalue weighted by Crippen LogP contribution is 2.40. The van der Waals surface area contributed by atoms with Crippen LogP contribution in [0.15, 0.2) is 23.4 Å². The summed E-state index contributed by atoms with van der Waals surface area (Å²) in [4.78, 5) is 5.56. The van der Waals surface area contributed by atoms with Crippen LogP contribution < -0.4 is 4.74 Å². The monoisotopic (exact) mass is 275 g/mol. The molecule has 1 aromatic rings. The Morgan fingerprint density at radius 2 is 2.05 bits per heavy atom. The first kappa shape index (κ1) is 13.3. The fourth-order valence-corrected chi connectivity index (χ4v) is 3.20. The minimum atomic E-state index is -0.179. The normalized spacial score (nSPS) is 23.2. The molecule has 0 bridgehead atoms. The number of rotatable bonds is 3.